The van der Waals surface area contributed by atoms with Crippen molar-refractivity contribution in [2.24, 2.45) is 23.7 Å². The predicted octanol–water partition coefficient (Wildman–Crippen LogP) is 16.5. The van der Waals surface area contributed by atoms with E-state index in [1.165, 1.54) is 52.7 Å². The molecule has 4 saturated heterocycles. The Bertz CT molecular complexity index is 5360. The number of hydrogen-bond donors (Lipinski definition) is 5. The van der Waals surface area contributed by atoms with E-state index in [0.29, 0.717) is 219 Å². The fraction of sp³-hybridized carbons (Fsp3) is 0.268. The van der Waals surface area contributed by atoms with Gasteiger partial charge >= 0.3 is 0 Å². The van der Waals surface area contributed by atoms with Gasteiger partial charge in [-0.3, -0.25) is 64.3 Å². The molecule has 0 bridgehead atoms. The molecule has 113 heavy (non-hydrogen) atoms. The first-order valence-corrected chi connectivity index (χ1v) is 39.8. The zero-order chi connectivity index (χ0) is 78.0. The van der Waals surface area contributed by atoms with Crippen molar-refractivity contribution < 1.29 is 75.0 Å². The monoisotopic (exact) mass is 1600 g/mol. The van der Waals surface area contributed by atoms with Crippen molar-refractivity contribution in [3.05, 3.63) is 219 Å². The van der Waals surface area contributed by atoms with Gasteiger partial charge in [0.15, 0.2) is 66.7 Å². The Hall–Kier alpha value is -11.7. The Kier molecular flexibility index (Phi) is 25.9. The third-order valence-corrected chi connectivity index (χ3v) is 22.9. The molecule has 4 amide bonds. The number of amides is 4. The minimum absolute atomic E-state index is 0.00898. The third-order valence-electron chi connectivity index (χ3n) is 18.9. The highest BCUT2D eigenvalue weighted by molar-refractivity contribution is 7.19. The number of nitrogens with zero attached hydrogens (tertiary/aromatic N) is 6. The molecular formula is C82H75N11O16S4. The van der Waals surface area contributed by atoms with Crippen LogP contribution in [0, 0.1) is 23.7 Å². The van der Waals surface area contributed by atoms with Crippen LogP contribution in [0.4, 0.5) is 20.5 Å². The fourth-order valence-electron chi connectivity index (χ4n) is 13.0. The van der Waals surface area contributed by atoms with Crippen molar-refractivity contribution in [1.29, 1.82) is 0 Å². The average molecular weight is 1600 g/mol. The maximum atomic E-state index is 13.2. The zero-order valence-electron chi connectivity index (χ0n) is 60.8. The van der Waals surface area contributed by atoms with E-state index in [-0.39, 0.29) is 76.9 Å². The number of carbonyl (C=O) groups is 8. The molecule has 1 aromatic carbocycles. The topological polar surface area (TPSA) is 367 Å². The van der Waals surface area contributed by atoms with E-state index in [1.54, 1.807) is 116 Å². The van der Waals surface area contributed by atoms with Crippen LogP contribution in [0.3, 0.4) is 0 Å². The second kappa shape index (κ2) is 37.6. The molecule has 31 heteroatoms. The largest absolute Gasteiger partial charge is 0.463 e. The summed E-state index contributed by atoms with van der Waals surface area (Å²) in [5, 5.41) is 13.5. The minimum Gasteiger partial charge on any atom is -0.463 e. The Morgan fingerprint density at radius 3 is 1.28 bits per heavy atom. The number of carbonyl (C=O) groups excluding carboxylic acids is 8. The first-order valence-electron chi connectivity index (χ1n) is 36.6. The Labute approximate surface area is 662 Å². The number of benzene rings is 1. The van der Waals surface area contributed by atoms with E-state index in [1.807, 2.05) is 36.4 Å². The highest BCUT2D eigenvalue weighted by atomic mass is 32.1. The standard InChI is InChI=1S/C22H19N3O4S.C21H19N3O4S.C20H19N3O4S.C19H18N2O4S/c26-19(13-7-11-28-12-8-13)20-18(17-5-2-10-29-17)24-22(30-20)25-21(27)15-3-1-4-16-14(15)6-9-23-16;1-2-15-6-5-14(12-22-15)20(26)24-21-23-17(16-4-3-9-28-16)19(29-21)18(25)13-7-10-27-11-8-13;24-16(11-13-3-1-7-21-12-13)22-20-23-17(15-4-2-8-27-15)19(28-20)18(25)14-5-9-26-10-6-14;22-16(12-7-10-24-11-8-12)17-15(14-6-3-9-25-14)20-19(26-17)21-18(23)13-4-1-2-5-13/h1-6,9-10,13,23H,7-8,11-12H2,(H,24,25,27);2-6,9,12-13H,1,7-8,10-11H2,(H,23,24,26);1-4,7-8,12,14H,5-6,9-11H2,(H,22,23,24);1-4,6,9,12H,5,7-8,10-11H2,(H,20,21,23). The molecule has 11 aromatic heterocycles. The van der Waals surface area contributed by atoms with E-state index in [9.17, 15) is 38.4 Å². The van der Waals surface area contributed by atoms with E-state index < -0.39 is 0 Å². The second-order valence-corrected chi connectivity index (χ2v) is 30.4. The molecule has 15 heterocycles. The lowest BCUT2D eigenvalue weighted by atomic mass is 9.94. The van der Waals surface area contributed by atoms with Gasteiger partial charge in [0.25, 0.3) is 17.7 Å². The number of ether oxygens (including phenoxy) is 4. The van der Waals surface area contributed by atoms with Gasteiger partial charge in [-0.15, -0.1) is 0 Å². The van der Waals surface area contributed by atoms with E-state index >= 15 is 0 Å². The normalized spacial score (nSPS) is 15.3. The molecule has 4 fully saturated rings. The summed E-state index contributed by atoms with van der Waals surface area (Å²) in [6.45, 7) is 8.30. The van der Waals surface area contributed by atoms with Gasteiger partial charge in [0.05, 0.1) is 42.7 Å². The number of furan rings is 4. The summed E-state index contributed by atoms with van der Waals surface area (Å²) in [6, 6.07) is 28.4. The van der Waals surface area contributed by atoms with Gasteiger partial charge in [-0.1, -0.05) is 82.3 Å². The van der Waals surface area contributed by atoms with Gasteiger partial charge < -0.3 is 46.9 Å². The first kappa shape index (κ1) is 78.0. The van der Waals surface area contributed by atoms with Crippen LogP contribution in [-0.4, -0.2) is 135 Å². The highest BCUT2D eigenvalue weighted by Gasteiger charge is 2.35. The second-order valence-electron chi connectivity index (χ2n) is 26.4. The van der Waals surface area contributed by atoms with Crippen molar-refractivity contribution in [2.45, 2.75) is 64.2 Å². The number of nitrogens with one attached hydrogen (secondary N) is 5. The van der Waals surface area contributed by atoms with Crippen molar-refractivity contribution in [3.63, 3.8) is 0 Å². The summed E-state index contributed by atoms with van der Waals surface area (Å²) in [6.07, 6.45) is 26.2. The van der Waals surface area contributed by atoms with Crippen LogP contribution >= 0.6 is 45.3 Å². The SMILES string of the molecule is C=Cc1ccc(C(=O)Nc2nc(-c3ccco3)c(C(=O)C3CCOCC3)s2)cn1.O=C(Cc1cccnc1)Nc1nc(-c2ccco2)c(C(=O)C2CCOCC2)s1.O=C(Nc1nc(-c2ccco2)c(C(=O)C2CCOCC2)s1)C1=CC=CC1.O=C(Nc1nc(-c2ccco2)c(C(=O)C2CCOCC2)s1)c1cccc2[nH]ccc12. The van der Waals surface area contributed by atoms with Gasteiger partial charge in [0, 0.05) is 123 Å². The van der Waals surface area contributed by atoms with E-state index in [4.69, 9.17) is 36.6 Å². The molecule has 4 aliphatic heterocycles. The summed E-state index contributed by atoms with van der Waals surface area (Å²) >= 11 is 4.74. The van der Waals surface area contributed by atoms with Crippen LogP contribution in [0.25, 0.3) is 62.8 Å². The molecule has 0 spiro atoms. The number of anilines is 4. The number of aromatic nitrogens is 7. The highest BCUT2D eigenvalue weighted by Crippen LogP contribution is 2.41. The van der Waals surface area contributed by atoms with Gasteiger partial charge in [0.1, 0.15) is 42.3 Å². The molecule has 0 unspecified atom stereocenters. The van der Waals surface area contributed by atoms with Crippen LogP contribution in [0.1, 0.15) is 128 Å². The predicted molar refractivity (Wildman–Crippen MR) is 426 cm³/mol. The number of rotatable bonds is 22. The number of ketones is 4. The number of hydrogen-bond acceptors (Lipinski definition) is 26. The van der Waals surface area contributed by atoms with Gasteiger partial charge in [-0.05, 0) is 154 Å². The summed E-state index contributed by atoms with van der Waals surface area (Å²) in [7, 11) is 0. The molecule has 0 radical (unpaired) electrons. The number of allylic oxidation sites excluding steroid dienone is 3. The molecular weight excluding hydrogens is 1520 g/mol. The number of H-pyrrole nitrogens is 1. The molecule has 0 atom stereocenters. The Morgan fingerprint density at radius 2 is 0.903 bits per heavy atom. The van der Waals surface area contributed by atoms with Crippen molar-refractivity contribution >= 4 is 130 Å². The van der Waals surface area contributed by atoms with Gasteiger partial charge in [-0.2, -0.15) is 0 Å². The molecule has 0 saturated carbocycles. The minimum atomic E-state index is -0.349. The lowest BCUT2D eigenvalue weighted by molar-refractivity contribution is -0.115. The molecule has 5 aliphatic rings. The van der Waals surface area contributed by atoms with Crippen LogP contribution in [0.5, 0.6) is 0 Å². The van der Waals surface area contributed by atoms with Crippen LogP contribution in [0.15, 0.2) is 195 Å². The summed E-state index contributed by atoms with van der Waals surface area (Å²) in [5.74, 6) is 0.722. The lowest BCUT2D eigenvalue weighted by Gasteiger charge is -2.20. The lowest BCUT2D eigenvalue weighted by Crippen LogP contribution is -2.23. The van der Waals surface area contributed by atoms with Crippen LogP contribution < -0.4 is 21.3 Å². The molecule has 17 rings (SSSR count). The third kappa shape index (κ3) is 19.4. The average Bonchev–Trinajstić information content (AvgIpc) is 1.71. The maximum absolute atomic E-state index is 13.2. The summed E-state index contributed by atoms with van der Waals surface area (Å²) < 4.78 is 43.3. The molecule has 27 nitrogen and oxygen atoms in total. The maximum Gasteiger partial charge on any atom is 0.259 e. The Balaban J connectivity index is 0.000000125. The number of pyridine rings is 2. The van der Waals surface area contributed by atoms with Crippen LogP contribution in [-0.2, 0) is 35.0 Å². The van der Waals surface area contributed by atoms with Crippen molar-refractivity contribution in [3.8, 4) is 45.8 Å². The van der Waals surface area contributed by atoms with Gasteiger partial charge in [-0.25, -0.2) is 19.9 Å². The zero-order valence-corrected chi connectivity index (χ0v) is 64.0. The number of thiazole rings is 4. The number of aromatic amines is 1. The van der Waals surface area contributed by atoms with Crippen LogP contribution in [0.2, 0.25) is 0 Å². The molecule has 578 valence electrons. The molecule has 1 aliphatic carbocycles. The number of fused-ring (bicyclic) bond motifs is 1. The quantitative estimate of drug-likeness (QED) is 0.0393. The summed E-state index contributed by atoms with van der Waals surface area (Å²) in [5.41, 5.74) is 5.87. The van der Waals surface area contributed by atoms with Crippen molar-refractivity contribution in [2.75, 3.05) is 74.1 Å². The molecule has 12 aromatic rings. The number of Topliss-reactive ketones (excluding diaryl/α,β-unsaturated/α-hetero) is 4. The fourth-order valence-corrected chi connectivity index (χ4v) is 16.9. The molecule has 5 N–H and O–H groups in total. The van der Waals surface area contributed by atoms with Crippen molar-refractivity contribution in [1.82, 2.24) is 34.9 Å². The van der Waals surface area contributed by atoms with E-state index in [2.05, 4.69) is 62.7 Å². The Morgan fingerprint density at radius 1 is 0.469 bits per heavy atom. The summed E-state index contributed by atoms with van der Waals surface area (Å²) in [4.78, 5) is 134. The van der Waals surface area contributed by atoms with E-state index in [0.717, 1.165) is 27.8 Å². The smallest absolute Gasteiger partial charge is 0.259 e. The van der Waals surface area contributed by atoms with Gasteiger partial charge in [0.2, 0.25) is 5.91 Å². The first-order chi connectivity index (χ1) is 55.3.